The Bertz CT molecular complexity index is 202. The van der Waals surface area contributed by atoms with Gasteiger partial charge < -0.3 is 10.1 Å². The van der Waals surface area contributed by atoms with Crippen LogP contribution in [-0.4, -0.2) is 25.8 Å². The Labute approximate surface area is 86.4 Å². The number of nitrogens with one attached hydrogen (secondary N) is 1. The molecule has 0 aliphatic heterocycles. The van der Waals surface area contributed by atoms with Crippen molar-refractivity contribution in [2.24, 2.45) is 23.7 Å². The zero-order chi connectivity index (χ0) is 9.54. The van der Waals surface area contributed by atoms with Crippen LogP contribution < -0.4 is 5.32 Å². The molecule has 3 aliphatic carbocycles. The Kier molecular flexibility index (Phi) is 2.29. The highest BCUT2D eigenvalue weighted by Crippen LogP contribution is 2.65. The minimum Gasteiger partial charge on any atom is -0.380 e. The fraction of sp³-hybridized carbons (Fsp3) is 1.00. The van der Waals surface area contributed by atoms with Crippen molar-refractivity contribution >= 4 is 0 Å². The SMILES string of the molecule is CCOCCNC1C2C3CCC(C3)C12. The van der Waals surface area contributed by atoms with Gasteiger partial charge in [-0.2, -0.15) is 0 Å². The maximum Gasteiger partial charge on any atom is 0.0590 e. The van der Waals surface area contributed by atoms with Gasteiger partial charge >= 0.3 is 0 Å². The molecule has 1 N–H and O–H groups in total. The first kappa shape index (κ1) is 9.17. The second kappa shape index (κ2) is 3.49. The Morgan fingerprint density at radius 2 is 1.93 bits per heavy atom. The van der Waals surface area contributed by atoms with Gasteiger partial charge in [0.25, 0.3) is 0 Å². The Balaban J connectivity index is 1.41. The van der Waals surface area contributed by atoms with Gasteiger partial charge in [-0.05, 0) is 49.9 Å². The Morgan fingerprint density at radius 3 is 2.57 bits per heavy atom. The van der Waals surface area contributed by atoms with Gasteiger partial charge in [-0.25, -0.2) is 0 Å². The fourth-order valence-electron chi connectivity index (χ4n) is 4.04. The number of fused-ring (bicyclic) bond motifs is 5. The second-order valence-electron chi connectivity index (χ2n) is 5.16. The summed E-state index contributed by atoms with van der Waals surface area (Å²) in [6, 6.07) is 0.877. The van der Waals surface area contributed by atoms with Crippen LogP contribution >= 0.6 is 0 Å². The topological polar surface area (TPSA) is 21.3 Å². The van der Waals surface area contributed by atoms with Gasteiger partial charge in [0.05, 0.1) is 6.61 Å². The van der Waals surface area contributed by atoms with Crippen molar-refractivity contribution in [2.75, 3.05) is 19.8 Å². The smallest absolute Gasteiger partial charge is 0.0590 e. The summed E-state index contributed by atoms with van der Waals surface area (Å²) in [7, 11) is 0. The van der Waals surface area contributed by atoms with Gasteiger partial charge in [0.2, 0.25) is 0 Å². The maximum absolute atomic E-state index is 5.34. The highest BCUT2D eigenvalue weighted by molar-refractivity contribution is 5.16. The van der Waals surface area contributed by atoms with E-state index in [4.69, 9.17) is 4.74 Å². The highest BCUT2D eigenvalue weighted by atomic mass is 16.5. The first-order valence-corrected chi connectivity index (χ1v) is 6.23. The van der Waals surface area contributed by atoms with Crippen molar-refractivity contribution in [3.8, 4) is 0 Å². The number of hydrogen-bond acceptors (Lipinski definition) is 2. The molecule has 4 atom stereocenters. The predicted molar refractivity (Wildman–Crippen MR) is 56.1 cm³/mol. The van der Waals surface area contributed by atoms with Crippen molar-refractivity contribution in [1.82, 2.24) is 5.32 Å². The summed E-state index contributed by atoms with van der Waals surface area (Å²) in [6.45, 7) is 4.86. The molecule has 14 heavy (non-hydrogen) atoms. The molecule has 0 aromatic rings. The normalized spacial score (nSPS) is 48.2. The van der Waals surface area contributed by atoms with E-state index in [1.165, 1.54) is 12.8 Å². The van der Waals surface area contributed by atoms with Gasteiger partial charge in [-0.3, -0.25) is 0 Å². The molecule has 0 aromatic carbocycles. The van der Waals surface area contributed by atoms with Crippen LogP contribution in [0.5, 0.6) is 0 Å². The lowest BCUT2D eigenvalue weighted by Crippen LogP contribution is -2.26. The summed E-state index contributed by atoms with van der Waals surface area (Å²) in [6.07, 6.45) is 4.60. The van der Waals surface area contributed by atoms with Gasteiger partial charge in [0.15, 0.2) is 0 Å². The average molecular weight is 195 g/mol. The first-order valence-electron chi connectivity index (χ1n) is 6.23. The van der Waals surface area contributed by atoms with Crippen LogP contribution in [0, 0.1) is 23.7 Å². The van der Waals surface area contributed by atoms with E-state index < -0.39 is 0 Å². The molecular weight excluding hydrogens is 174 g/mol. The largest absolute Gasteiger partial charge is 0.380 e. The van der Waals surface area contributed by atoms with Gasteiger partial charge in [-0.15, -0.1) is 0 Å². The molecule has 0 aromatic heterocycles. The number of hydrogen-bond donors (Lipinski definition) is 1. The standard InChI is InChI=1S/C12H21NO/c1-2-14-6-5-13-12-10-8-3-4-9(7-8)11(10)12/h8-13H,2-7H2,1H3. The summed E-state index contributed by atoms with van der Waals surface area (Å²) in [5.74, 6) is 4.31. The molecule has 3 aliphatic rings. The van der Waals surface area contributed by atoms with E-state index in [0.29, 0.717) is 0 Å². The van der Waals surface area contributed by atoms with Crippen molar-refractivity contribution in [1.29, 1.82) is 0 Å². The van der Waals surface area contributed by atoms with Gasteiger partial charge in [0.1, 0.15) is 0 Å². The van der Waals surface area contributed by atoms with E-state index in [1.807, 2.05) is 0 Å². The van der Waals surface area contributed by atoms with E-state index >= 15 is 0 Å². The molecule has 0 spiro atoms. The predicted octanol–water partition coefficient (Wildman–Crippen LogP) is 1.66. The molecule has 0 radical (unpaired) electrons. The fourth-order valence-corrected chi connectivity index (χ4v) is 4.04. The van der Waals surface area contributed by atoms with E-state index in [-0.39, 0.29) is 0 Å². The third-order valence-corrected chi connectivity index (χ3v) is 4.57. The molecule has 80 valence electrons. The molecule has 3 fully saturated rings. The molecule has 3 rings (SSSR count). The molecule has 4 unspecified atom stereocenters. The Morgan fingerprint density at radius 1 is 1.21 bits per heavy atom. The minimum atomic E-state index is 0.852. The number of rotatable bonds is 5. The third-order valence-electron chi connectivity index (χ3n) is 4.57. The van der Waals surface area contributed by atoms with Crippen LogP contribution in [0.2, 0.25) is 0 Å². The lowest BCUT2D eigenvalue weighted by Gasteiger charge is -2.10. The quantitative estimate of drug-likeness (QED) is 0.674. The molecule has 2 nitrogen and oxygen atoms in total. The van der Waals surface area contributed by atoms with Crippen LogP contribution in [0.25, 0.3) is 0 Å². The van der Waals surface area contributed by atoms with Gasteiger partial charge in [-0.1, -0.05) is 0 Å². The molecule has 0 amide bonds. The summed E-state index contributed by atoms with van der Waals surface area (Å²) >= 11 is 0. The Hall–Kier alpha value is -0.0800. The highest BCUT2D eigenvalue weighted by Gasteiger charge is 2.64. The summed E-state index contributed by atoms with van der Waals surface area (Å²) in [5.41, 5.74) is 0. The van der Waals surface area contributed by atoms with Crippen LogP contribution in [0.4, 0.5) is 0 Å². The third kappa shape index (κ3) is 1.31. The van der Waals surface area contributed by atoms with Crippen LogP contribution in [0.1, 0.15) is 26.2 Å². The molecule has 3 saturated carbocycles. The van der Waals surface area contributed by atoms with Crippen LogP contribution in [0.15, 0.2) is 0 Å². The van der Waals surface area contributed by atoms with E-state index in [9.17, 15) is 0 Å². The lowest BCUT2D eigenvalue weighted by atomic mass is 10.0. The van der Waals surface area contributed by atoms with Crippen molar-refractivity contribution < 1.29 is 4.74 Å². The van der Waals surface area contributed by atoms with E-state index in [2.05, 4.69) is 12.2 Å². The summed E-state index contributed by atoms with van der Waals surface area (Å²) in [4.78, 5) is 0. The zero-order valence-corrected chi connectivity index (χ0v) is 9.04. The monoisotopic (exact) mass is 195 g/mol. The summed E-state index contributed by atoms with van der Waals surface area (Å²) < 4.78 is 5.34. The van der Waals surface area contributed by atoms with Gasteiger partial charge in [0, 0.05) is 19.2 Å². The van der Waals surface area contributed by atoms with E-state index in [1.54, 1.807) is 6.42 Å². The molecule has 0 heterocycles. The van der Waals surface area contributed by atoms with E-state index in [0.717, 1.165) is 49.5 Å². The number of ether oxygens (including phenoxy) is 1. The second-order valence-corrected chi connectivity index (χ2v) is 5.16. The minimum absolute atomic E-state index is 0.852. The molecule has 0 saturated heterocycles. The average Bonchev–Trinajstić information content (AvgIpc) is 2.60. The molecule has 2 heteroatoms. The lowest BCUT2D eigenvalue weighted by molar-refractivity contribution is 0.148. The van der Waals surface area contributed by atoms with Crippen molar-refractivity contribution in [3.63, 3.8) is 0 Å². The summed E-state index contributed by atoms with van der Waals surface area (Å²) in [5, 5.41) is 3.67. The van der Waals surface area contributed by atoms with Crippen molar-refractivity contribution in [3.05, 3.63) is 0 Å². The molecule has 2 bridgehead atoms. The molecular formula is C12H21NO. The van der Waals surface area contributed by atoms with Crippen LogP contribution in [0.3, 0.4) is 0 Å². The first-order chi connectivity index (χ1) is 6.92. The van der Waals surface area contributed by atoms with Crippen LogP contribution in [-0.2, 0) is 4.74 Å². The zero-order valence-electron chi connectivity index (χ0n) is 9.04. The van der Waals surface area contributed by atoms with Crippen molar-refractivity contribution in [2.45, 2.75) is 32.2 Å². The maximum atomic E-state index is 5.34.